The average Bonchev–Trinajstić information content (AvgIpc) is 2.68. The van der Waals surface area contributed by atoms with E-state index in [2.05, 4.69) is 22.4 Å². The molecular weight excluding hydrogens is 202 g/mol. The minimum Gasteiger partial charge on any atom is -0.349 e. The van der Waals surface area contributed by atoms with Gasteiger partial charge in [-0.25, -0.2) is 0 Å². The van der Waals surface area contributed by atoms with Crippen molar-refractivity contribution in [3.63, 3.8) is 0 Å². The van der Waals surface area contributed by atoms with Crippen LogP contribution in [0, 0.1) is 12.8 Å². The summed E-state index contributed by atoms with van der Waals surface area (Å²) in [4.78, 5) is 11.9. The molecule has 1 fully saturated rings. The Morgan fingerprint density at radius 3 is 2.69 bits per heavy atom. The summed E-state index contributed by atoms with van der Waals surface area (Å²) in [5, 5.41) is 9.73. The van der Waals surface area contributed by atoms with E-state index in [-0.39, 0.29) is 5.91 Å². The van der Waals surface area contributed by atoms with Crippen molar-refractivity contribution in [3.8, 4) is 0 Å². The van der Waals surface area contributed by atoms with Crippen molar-refractivity contribution >= 4 is 5.91 Å². The highest BCUT2D eigenvalue weighted by Gasteiger charge is 2.21. The number of aromatic nitrogens is 2. The summed E-state index contributed by atoms with van der Waals surface area (Å²) in [5.41, 5.74) is 1.50. The van der Waals surface area contributed by atoms with Gasteiger partial charge in [0.05, 0.1) is 11.8 Å². The second-order valence-corrected chi connectivity index (χ2v) is 4.84. The highest BCUT2D eigenvalue weighted by atomic mass is 16.1. The molecule has 0 aromatic carbocycles. The average molecular weight is 221 g/mol. The van der Waals surface area contributed by atoms with E-state index < -0.39 is 0 Å². The van der Waals surface area contributed by atoms with Crippen LogP contribution in [0.2, 0.25) is 0 Å². The molecule has 1 saturated carbocycles. The number of amides is 1. The summed E-state index contributed by atoms with van der Waals surface area (Å²) in [6.07, 6.45) is 6.23. The van der Waals surface area contributed by atoms with Crippen LogP contribution in [0.15, 0.2) is 6.20 Å². The van der Waals surface area contributed by atoms with E-state index in [1.165, 1.54) is 12.8 Å². The summed E-state index contributed by atoms with van der Waals surface area (Å²) >= 11 is 0. The molecule has 0 unspecified atom stereocenters. The van der Waals surface area contributed by atoms with E-state index in [4.69, 9.17) is 0 Å². The van der Waals surface area contributed by atoms with Crippen LogP contribution in [0.4, 0.5) is 0 Å². The van der Waals surface area contributed by atoms with Crippen LogP contribution in [-0.2, 0) is 0 Å². The number of carbonyl (C=O) groups is 1. The molecule has 2 rings (SSSR count). The third-order valence-corrected chi connectivity index (χ3v) is 3.43. The first-order valence-electron chi connectivity index (χ1n) is 5.97. The lowest BCUT2D eigenvalue weighted by molar-refractivity contribution is 0.0922. The molecule has 0 saturated heterocycles. The van der Waals surface area contributed by atoms with Crippen LogP contribution in [-0.4, -0.2) is 22.1 Å². The molecule has 0 spiro atoms. The number of hydrogen-bond acceptors (Lipinski definition) is 2. The second-order valence-electron chi connectivity index (χ2n) is 4.84. The quantitative estimate of drug-likeness (QED) is 0.802. The van der Waals surface area contributed by atoms with Crippen LogP contribution in [0.5, 0.6) is 0 Å². The first-order valence-corrected chi connectivity index (χ1v) is 5.97. The van der Waals surface area contributed by atoms with Gasteiger partial charge in [-0.2, -0.15) is 5.10 Å². The Kier molecular flexibility index (Phi) is 3.27. The van der Waals surface area contributed by atoms with E-state index in [0.29, 0.717) is 11.6 Å². The monoisotopic (exact) mass is 221 g/mol. The van der Waals surface area contributed by atoms with Crippen molar-refractivity contribution in [2.75, 3.05) is 0 Å². The molecule has 1 heterocycles. The Morgan fingerprint density at radius 1 is 1.44 bits per heavy atom. The van der Waals surface area contributed by atoms with E-state index >= 15 is 0 Å². The Hall–Kier alpha value is -1.32. The zero-order valence-corrected chi connectivity index (χ0v) is 9.92. The summed E-state index contributed by atoms with van der Waals surface area (Å²) < 4.78 is 0. The predicted molar refractivity (Wildman–Crippen MR) is 62.2 cm³/mol. The van der Waals surface area contributed by atoms with Crippen molar-refractivity contribution in [2.24, 2.45) is 5.92 Å². The molecule has 0 aliphatic heterocycles. The van der Waals surface area contributed by atoms with Crippen molar-refractivity contribution < 1.29 is 4.79 Å². The minimum atomic E-state index is 0.00537. The van der Waals surface area contributed by atoms with Crippen molar-refractivity contribution in [1.82, 2.24) is 15.5 Å². The Morgan fingerprint density at radius 2 is 2.12 bits per heavy atom. The van der Waals surface area contributed by atoms with Gasteiger partial charge in [-0.15, -0.1) is 0 Å². The summed E-state index contributed by atoms with van der Waals surface area (Å²) in [6, 6.07) is 0.345. The second kappa shape index (κ2) is 4.68. The lowest BCUT2D eigenvalue weighted by atomic mass is 9.87. The Bertz CT molecular complexity index is 364. The third kappa shape index (κ3) is 2.43. The highest BCUT2D eigenvalue weighted by molar-refractivity contribution is 5.95. The van der Waals surface area contributed by atoms with Gasteiger partial charge in [0.25, 0.3) is 5.91 Å². The fourth-order valence-electron chi connectivity index (χ4n) is 2.25. The van der Waals surface area contributed by atoms with Crippen molar-refractivity contribution in [2.45, 2.75) is 45.6 Å². The number of aryl methyl sites for hydroxylation is 1. The molecule has 1 aliphatic rings. The van der Waals surface area contributed by atoms with Gasteiger partial charge in [0, 0.05) is 11.7 Å². The maximum atomic E-state index is 11.9. The molecule has 16 heavy (non-hydrogen) atoms. The molecule has 1 amide bonds. The van der Waals surface area contributed by atoms with E-state index in [1.807, 2.05) is 6.92 Å². The molecule has 4 nitrogen and oxygen atoms in total. The lowest BCUT2D eigenvalue weighted by Gasteiger charge is -2.26. The van der Waals surface area contributed by atoms with Crippen LogP contribution in [0.1, 0.15) is 48.7 Å². The zero-order valence-electron chi connectivity index (χ0n) is 9.92. The van der Waals surface area contributed by atoms with Gasteiger partial charge < -0.3 is 5.32 Å². The van der Waals surface area contributed by atoms with Crippen LogP contribution < -0.4 is 5.32 Å². The van der Waals surface area contributed by atoms with Crippen LogP contribution in [0.3, 0.4) is 0 Å². The van der Waals surface area contributed by atoms with E-state index in [1.54, 1.807) is 6.20 Å². The van der Waals surface area contributed by atoms with Gasteiger partial charge in [0.15, 0.2) is 0 Å². The maximum Gasteiger partial charge on any atom is 0.254 e. The van der Waals surface area contributed by atoms with Gasteiger partial charge in [0.1, 0.15) is 0 Å². The van der Waals surface area contributed by atoms with Gasteiger partial charge in [-0.1, -0.05) is 6.92 Å². The first kappa shape index (κ1) is 11.2. The Balaban J connectivity index is 1.91. The summed E-state index contributed by atoms with van der Waals surface area (Å²) in [6.45, 7) is 4.14. The fourth-order valence-corrected chi connectivity index (χ4v) is 2.25. The molecule has 4 heteroatoms. The highest BCUT2D eigenvalue weighted by Crippen LogP contribution is 2.23. The third-order valence-electron chi connectivity index (χ3n) is 3.43. The largest absolute Gasteiger partial charge is 0.349 e. The number of nitrogens with zero attached hydrogens (tertiary/aromatic N) is 1. The van der Waals surface area contributed by atoms with Gasteiger partial charge in [-0.05, 0) is 38.5 Å². The van der Waals surface area contributed by atoms with Gasteiger partial charge in [-0.3, -0.25) is 9.89 Å². The van der Waals surface area contributed by atoms with Crippen LogP contribution in [0.25, 0.3) is 0 Å². The molecule has 0 bridgehead atoms. The van der Waals surface area contributed by atoms with Crippen molar-refractivity contribution in [1.29, 1.82) is 0 Å². The fraction of sp³-hybridized carbons (Fsp3) is 0.667. The topological polar surface area (TPSA) is 57.8 Å². The zero-order chi connectivity index (χ0) is 11.5. The van der Waals surface area contributed by atoms with Crippen molar-refractivity contribution in [3.05, 3.63) is 17.5 Å². The number of carbonyl (C=O) groups excluding carboxylic acids is 1. The van der Waals surface area contributed by atoms with E-state index in [0.717, 1.165) is 24.5 Å². The molecule has 0 radical (unpaired) electrons. The first-order chi connectivity index (χ1) is 7.66. The number of rotatable bonds is 2. The normalized spacial score (nSPS) is 25.4. The SMILES string of the molecule is Cc1[nH]ncc1C(=O)NC1CCC(C)CC1. The molecule has 0 atom stereocenters. The molecular formula is C12H19N3O. The lowest BCUT2D eigenvalue weighted by Crippen LogP contribution is -2.37. The number of hydrogen-bond donors (Lipinski definition) is 2. The number of nitrogens with one attached hydrogen (secondary N) is 2. The maximum absolute atomic E-state index is 11.9. The minimum absolute atomic E-state index is 0.00537. The smallest absolute Gasteiger partial charge is 0.254 e. The number of aromatic amines is 1. The molecule has 1 aromatic rings. The molecule has 1 aromatic heterocycles. The van der Waals surface area contributed by atoms with Gasteiger partial charge in [0.2, 0.25) is 0 Å². The van der Waals surface area contributed by atoms with E-state index in [9.17, 15) is 4.79 Å². The predicted octanol–water partition coefficient (Wildman–Crippen LogP) is 2.03. The molecule has 1 aliphatic carbocycles. The standard InChI is InChI=1S/C12H19N3O/c1-8-3-5-10(6-4-8)14-12(16)11-7-13-15-9(11)2/h7-8,10H,3-6H2,1-2H3,(H,13,15)(H,14,16). The summed E-state index contributed by atoms with van der Waals surface area (Å²) in [5.74, 6) is 0.814. The van der Waals surface area contributed by atoms with Gasteiger partial charge >= 0.3 is 0 Å². The van der Waals surface area contributed by atoms with Crippen LogP contribution >= 0.6 is 0 Å². The summed E-state index contributed by atoms with van der Waals surface area (Å²) in [7, 11) is 0. The molecule has 88 valence electrons. The molecule has 2 N–H and O–H groups in total. The number of H-pyrrole nitrogens is 1. The Labute approximate surface area is 95.8 Å².